The predicted octanol–water partition coefficient (Wildman–Crippen LogP) is 3.76. The average molecular weight is 243 g/mol. The Morgan fingerprint density at radius 3 is 2.06 bits per heavy atom. The fourth-order valence-electron chi connectivity index (χ4n) is 1.27. The Labute approximate surface area is 96.9 Å². The lowest BCUT2D eigenvalue weighted by atomic mass is 10.0. The second kappa shape index (κ2) is 4.61. The van der Waals surface area contributed by atoms with Gasteiger partial charge in [-0.1, -0.05) is 29.8 Å². The average Bonchev–Trinajstić information content (AvgIpc) is 2.26. The SMILES string of the molecule is C/C(C(=N)c1ccc(C)cc1)=C(/O)C(F)(F)F. The molecule has 0 aliphatic carbocycles. The monoisotopic (exact) mass is 243 g/mol. The van der Waals surface area contributed by atoms with Crippen LogP contribution in [0.1, 0.15) is 18.1 Å². The number of aliphatic hydroxyl groups is 1. The molecule has 1 aromatic carbocycles. The third-order valence-electron chi connectivity index (χ3n) is 2.34. The zero-order valence-corrected chi connectivity index (χ0v) is 9.39. The number of nitrogens with one attached hydrogen (secondary N) is 1. The molecule has 0 aliphatic rings. The van der Waals surface area contributed by atoms with Gasteiger partial charge in [0.2, 0.25) is 5.76 Å². The maximum absolute atomic E-state index is 12.2. The molecule has 0 unspecified atom stereocenters. The van der Waals surface area contributed by atoms with Gasteiger partial charge in [-0.3, -0.25) is 5.41 Å². The summed E-state index contributed by atoms with van der Waals surface area (Å²) >= 11 is 0. The van der Waals surface area contributed by atoms with Crippen molar-refractivity contribution in [3.05, 3.63) is 46.7 Å². The van der Waals surface area contributed by atoms with E-state index in [0.717, 1.165) is 12.5 Å². The summed E-state index contributed by atoms with van der Waals surface area (Å²) in [7, 11) is 0. The van der Waals surface area contributed by atoms with E-state index in [1.165, 1.54) is 0 Å². The molecule has 17 heavy (non-hydrogen) atoms. The van der Waals surface area contributed by atoms with Crippen LogP contribution in [0.3, 0.4) is 0 Å². The van der Waals surface area contributed by atoms with Crippen LogP contribution in [-0.2, 0) is 0 Å². The number of rotatable bonds is 2. The van der Waals surface area contributed by atoms with Gasteiger partial charge in [-0.05, 0) is 19.4 Å². The molecule has 2 nitrogen and oxygen atoms in total. The summed E-state index contributed by atoms with van der Waals surface area (Å²) in [5.41, 5.74) is 0.466. The van der Waals surface area contributed by atoms with Gasteiger partial charge in [-0.25, -0.2) is 0 Å². The third kappa shape index (κ3) is 3.09. The number of aryl methyl sites for hydroxylation is 1. The highest BCUT2D eigenvalue weighted by Crippen LogP contribution is 2.27. The minimum Gasteiger partial charge on any atom is -0.504 e. The van der Waals surface area contributed by atoms with Gasteiger partial charge in [0.05, 0.1) is 5.71 Å². The highest BCUT2D eigenvalue weighted by Gasteiger charge is 2.36. The predicted molar refractivity (Wildman–Crippen MR) is 59.4 cm³/mol. The maximum Gasteiger partial charge on any atom is 0.449 e. The molecule has 0 atom stereocenters. The van der Waals surface area contributed by atoms with Gasteiger partial charge >= 0.3 is 6.18 Å². The summed E-state index contributed by atoms with van der Waals surface area (Å²) in [5, 5.41) is 16.6. The lowest BCUT2D eigenvalue weighted by molar-refractivity contribution is -0.121. The van der Waals surface area contributed by atoms with Crippen molar-refractivity contribution in [2.45, 2.75) is 20.0 Å². The molecule has 0 radical (unpaired) electrons. The topological polar surface area (TPSA) is 44.1 Å². The summed E-state index contributed by atoms with van der Waals surface area (Å²) in [6.07, 6.45) is -4.82. The van der Waals surface area contributed by atoms with Crippen LogP contribution >= 0.6 is 0 Å². The fraction of sp³-hybridized carbons (Fsp3) is 0.250. The van der Waals surface area contributed by atoms with E-state index in [4.69, 9.17) is 10.5 Å². The number of alkyl halides is 3. The van der Waals surface area contributed by atoms with Crippen molar-refractivity contribution in [2.75, 3.05) is 0 Å². The summed E-state index contributed by atoms with van der Waals surface area (Å²) < 4.78 is 36.7. The van der Waals surface area contributed by atoms with Gasteiger partial charge in [-0.2, -0.15) is 13.2 Å². The highest BCUT2D eigenvalue weighted by molar-refractivity contribution is 6.10. The Morgan fingerprint density at radius 2 is 1.65 bits per heavy atom. The lowest BCUT2D eigenvalue weighted by Crippen LogP contribution is -2.16. The zero-order chi connectivity index (χ0) is 13.2. The Kier molecular flexibility index (Phi) is 3.60. The molecular weight excluding hydrogens is 231 g/mol. The van der Waals surface area contributed by atoms with Crippen molar-refractivity contribution in [2.24, 2.45) is 0 Å². The van der Waals surface area contributed by atoms with Crippen LogP contribution in [0.2, 0.25) is 0 Å². The molecule has 0 aliphatic heterocycles. The molecule has 5 heteroatoms. The smallest absolute Gasteiger partial charge is 0.449 e. The van der Waals surface area contributed by atoms with E-state index in [9.17, 15) is 13.2 Å². The summed E-state index contributed by atoms with van der Waals surface area (Å²) in [6, 6.07) is 6.49. The van der Waals surface area contributed by atoms with Gasteiger partial charge in [0, 0.05) is 5.57 Å². The van der Waals surface area contributed by atoms with E-state index < -0.39 is 17.5 Å². The van der Waals surface area contributed by atoms with Crippen molar-refractivity contribution in [3.8, 4) is 0 Å². The molecule has 0 heterocycles. The molecule has 92 valence electrons. The molecular formula is C12H12F3NO. The summed E-state index contributed by atoms with van der Waals surface area (Å²) in [4.78, 5) is 0. The van der Waals surface area contributed by atoms with E-state index in [2.05, 4.69) is 0 Å². The van der Waals surface area contributed by atoms with E-state index in [1.54, 1.807) is 24.3 Å². The van der Waals surface area contributed by atoms with E-state index >= 15 is 0 Å². The van der Waals surface area contributed by atoms with Crippen molar-refractivity contribution in [1.82, 2.24) is 0 Å². The van der Waals surface area contributed by atoms with Crippen molar-refractivity contribution < 1.29 is 18.3 Å². The normalized spacial score (nSPS) is 13.2. The Morgan fingerprint density at radius 1 is 1.18 bits per heavy atom. The number of allylic oxidation sites excluding steroid dienone is 2. The molecule has 0 saturated heterocycles. The standard InChI is InChI=1S/C12H12F3NO/c1-7-3-5-9(6-4-7)10(16)8(2)11(17)12(13,14)15/h3-6,16-17H,1-2H3/b11-8-,16-10?. The van der Waals surface area contributed by atoms with Crippen LogP contribution in [0.15, 0.2) is 35.6 Å². The first-order chi connectivity index (χ1) is 7.73. The second-order valence-corrected chi connectivity index (χ2v) is 3.71. The largest absolute Gasteiger partial charge is 0.504 e. The van der Waals surface area contributed by atoms with E-state index in [0.29, 0.717) is 5.56 Å². The molecule has 0 spiro atoms. The molecule has 0 aromatic heterocycles. The van der Waals surface area contributed by atoms with Crippen molar-refractivity contribution >= 4 is 5.71 Å². The van der Waals surface area contributed by atoms with Gasteiger partial charge in [0.25, 0.3) is 0 Å². The van der Waals surface area contributed by atoms with Crippen LogP contribution in [0.25, 0.3) is 0 Å². The maximum atomic E-state index is 12.2. The van der Waals surface area contributed by atoms with Gasteiger partial charge in [-0.15, -0.1) is 0 Å². The summed E-state index contributed by atoms with van der Waals surface area (Å²) in [6.45, 7) is 2.91. The van der Waals surface area contributed by atoms with Crippen LogP contribution in [0.5, 0.6) is 0 Å². The molecule has 0 bridgehead atoms. The molecule has 0 saturated carbocycles. The van der Waals surface area contributed by atoms with Crippen LogP contribution < -0.4 is 0 Å². The number of halogens is 3. The van der Waals surface area contributed by atoms with E-state index in [-0.39, 0.29) is 5.71 Å². The van der Waals surface area contributed by atoms with Crippen molar-refractivity contribution in [1.29, 1.82) is 5.41 Å². The minimum atomic E-state index is -4.82. The molecule has 0 fully saturated rings. The number of benzene rings is 1. The quantitative estimate of drug-likeness (QED) is 0.602. The first-order valence-corrected chi connectivity index (χ1v) is 4.86. The van der Waals surface area contributed by atoms with Gasteiger partial charge in [0.1, 0.15) is 0 Å². The van der Waals surface area contributed by atoms with Crippen molar-refractivity contribution in [3.63, 3.8) is 0 Å². The lowest BCUT2D eigenvalue weighted by Gasteiger charge is -2.11. The number of hydrogen-bond donors (Lipinski definition) is 2. The van der Waals surface area contributed by atoms with Gasteiger partial charge < -0.3 is 5.11 Å². The number of hydrogen-bond acceptors (Lipinski definition) is 2. The third-order valence-corrected chi connectivity index (χ3v) is 2.34. The van der Waals surface area contributed by atoms with Gasteiger partial charge in [0.15, 0.2) is 0 Å². The Bertz CT molecular complexity index is 458. The first-order valence-electron chi connectivity index (χ1n) is 4.86. The van der Waals surface area contributed by atoms with E-state index in [1.807, 2.05) is 6.92 Å². The summed E-state index contributed by atoms with van der Waals surface area (Å²) in [5.74, 6) is -1.72. The van der Waals surface area contributed by atoms with Crippen LogP contribution in [0, 0.1) is 12.3 Å². The molecule has 2 N–H and O–H groups in total. The minimum absolute atomic E-state index is 0.333. The Hall–Kier alpha value is -1.78. The first kappa shape index (κ1) is 13.3. The van der Waals surface area contributed by atoms with Crippen LogP contribution in [0.4, 0.5) is 13.2 Å². The second-order valence-electron chi connectivity index (χ2n) is 3.71. The fourth-order valence-corrected chi connectivity index (χ4v) is 1.27. The number of aliphatic hydroxyl groups excluding tert-OH is 1. The zero-order valence-electron chi connectivity index (χ0n) is 9.39. The van der Waals surface area contributed by atoms with Crippen LogP contribution in [-0.4, -0.2) is 17.0 Å². The molecule has 1 aromatic rings. The molecule has 0 amide bonds. The highest BCUT2D eigenvalue weighted by atomic mass is 19.4. The molecule has 1 rings (SSSR count). The Balaban J connectivity index is 3.10.